The zero-order valence-electron chi connectivity index (χ0n) is 16.8. The standard InChI is InChI=1S/C23H23NO5S/c1-3-6-16-11-12-20(21(13-16)28-2)29-15-18(25)14-24-19-9-4-7-17-8-5-10-22(23(17)19)30(24,26)27/h3-13,18,25H,14-15H2,1-2H3/b6-3+. The third kappa shape index (κ3) is 3.51. The van der Waals surface area contributed by atoms with E-state index in [-0.39, 0.29) is 18.0 Å². The molecule has 7 heteroatoms. The summed E-state index contributed by atoms with van der Waals surface area (Å²) in [5, 5.41) is 12.1. The van der Waals surface area contributed by atoms with Crippen molar-refractivity contribution in [3.05, 3.63) is 66.2 Å². The summed E-state index contributed by atoms with van der Waals surface area (Å²) in [4.78, 5) is 0.268. The molecule has 1 N–H and O–H groups in total. The van der Waals surface area contributed by atoms with Crippen molar-refractivity contribution in [2.45, 2.75) is 17.9 Å². The minimum atomic E-state index is -3.72. The van der Waals surface area contributed by atoms with Gasteiger partial charge >= 0.3 is 0 Å². The highest BCUT2D eigenvalue weighted by atomic mass is 32.2. The van der Waals surface area contributed by atoms with Crippen LogP contribution in [0, 0.1) is 0 Å². The molecule has 4 rings (SSSR count). The van der Waals surface area contributed by atoms with Crippen molar-refractivity contribution in [3.63, 3.8) is 0 Å². The van der Waals surface area contributed by atoms with Gasteiger partial charge in [0.2, 0.25) is 0 Å². The van der Waals surface area contributed by atoms with Gasteiger partial charge in [-0.2, -0.15) is 0 Å². The highest BCUT2D eigenvalue weighted by Gasteiger charge is 2.36. The lowest BCUT2D eigenvalue weighted by Crippen LogP contribution is -2.37. The van der Waals surface area contributed by atoms with Gasteiger partial charge in [0.15, 0.2) is 11.5 Å². The first-order valence-corrected chi connectivity index (χ1v) is 11.1. The number of hydrogen-bond donors (Lipinski definition) is 1. The molecular formula is C23H23NO5S. The quantitative estimate of drug-likeness (QED) is 0.623. The highest BCUT2D eigenvalue weighted by Crippen LogP contribution is 2.42. The zero-order valence-corrected chi connectivity index (χ0v) is 17.6. The molecule has 0 amide bonds. The van der Waals surface area contributed by atoms with Gasteiger partial charge in [0.25, 0.3) is 10.0 Å². The number of sulfonamides is 1. The van der Waals surface area contributed by atoms with Gasteiger partial charge in [0, 0.05) is 5.39 Å². The lowest BCUT2D eigenvalue weighted by molar-refractivity contribution is 0.113. The van der Waals surface area contributed by atoms with Crippen molar-refractivity contribution in [2.24, 2.45) is 0 Å². The average molecular weight is 426 g/mol. The molecule has 3 aromatic carbocycles. The Kier molecular flexibility index (Phi) is 5.40. The van der Waals surface area contributed by atoms with E-state index >= 15 is 0 Å². The number of benzene rings is 3. The van der Waals surface area contributed by atoms with Crippen LogP contribution in [0.15, 0.2) is 65.6 Å². The number of hydrogen-bond acceptors (Lipinski definition) is 5. The molecule has 6 nitrogen and oxygen atoms in total. The highest BCUT2D eigenvalue weighted by molar-refractivity contribution is 7.93. The van der Waals surface area contributed by atoms with E-state index in [1.807, 2.05) is 49.4 Å². The second kappa shape index (κ2) is 8.01. The summed E-state index contributed by atoms with van der Waals surface area (Å²) in [5.41, 5.74) is 1.55. The predicted octanol–water partition coefficient (Wildman–Crippen LogP) is 3.83. The van der Waals surface area contributed by atoms with Crippen LogP contribution in [0.4, 0.5) is 5.69 Å². The van der Waals surface area contributed by atoms with Crippen molar-refractivity contribution < 1.29 is 23.0 Å². The normalized spacial score (nSPS) is 15.6. The maximum absolute atomic E-state index is 13.0. The molecule has 0 saturated heterocycles. The number of allylic oxidation sites excluding steroid dienone is 1. The first-order chi connectivity index (χ1) is 14.5. The Balaban J connectivity index is 1.52. The largest absolute Gasteiger partial charge is 0.493 e. The lowest BCUT2D eigenvalue weighted by Gasteiger charge is -2.22. The Hall–Kier alpha value is -3.03. The fourth-order valence-electron chi connectivity index (χ4n) is 3.68. The maximum atomic E-state index is 13.0. The summed E-state index contributed by atoms with van der Waals surface area (Å²) in [6.45, 7) is 1.76. The second-order valence-electron chi connectivity index (χ2n) is 7.04. The molecule has 1 aliphatic rings. The van der Waals surface area contributed by atoms with Gasteiger partial charge < -0.3 is 14.6 Å². The molecular weight excluding hydrogens is 402 g/mol. The number of aliphatic hydroxyl groups is 1. The summed E-state index contributed by atoms with van der Waals surface area (Å²) in [5.74, 6) is 1.03. The molecule has 0 bridgehead atoms. The number of methoxy groups -OCH3 is 1. The molecule has 0 aliphatic carbocycles. The van der Waals surface area contributed by atoms with E-state index in [0.717, 1.165) is 10.9 Å². The molecule has 1 unspecified atom stereocenters. The Labute approximate surface area is 176 Å². The van der Waals surface area contributed by atoms with Gasteiger partial charge in [-0.3, -0.25) is 4.31 Å². The van der Waals surface area contributed by atoms with Crippen LogP contribution in [0.1, 0.15) is 12.5 Å². The monoisotopic (exact) mass is 425 g/mol. The van der Waals surface area contributed by atoms with Crippen molar-refractivity contribution in [1.29, 1.82) is 0 Å². The zero-order chi connectivity index (χ0) is 21.3. The van der Waals surface area contributed by atoms with Crippen LogP contribution < -0.4 is 13.8 Å². The number of rotatable bonds is 7. The molecule has 3 aromatic rings. The van der Waals surface area contributed by atoms with Gasteiger partial charge in [0.05, 0.1) is 24.2 Å². The molecule has 1 heterocycles. The van der Waals surface area contributed by atoms with Crippen LogP contribution in [0.5, 0.6) is 11.5 Å². The third-order valence-corrected chi connectivity index (χ3v) is 6.86. The SMILES string of the molecule is C/C=C/c1ccc(OCC(O)CN2c3cccc4cccc(c34)S2(=O)=O)c(OC)c1. The van der Waals surface area contributed by atoms with E-state index in [4.69, 9.17) is 9.47 Å². The fraction of sp³-hybridized carbons (Fsp3) is 0.217. The summed E-state index contributed by atoms with van der Waals surface area (Å²) >= 11 is 0. The summed E-state index contributed by atoms with van der Waals surface area (Å²) < 4.78 is 38.4. The molecule has 0 fully saturated rings. The lowest BCUT2D eigenvalue weighted by atomic mass is 10.1. The number of ether oxygens (including phenoxy) is 2. The summed E-state index contributed by atoms with van der Waals surface area (Å²) in [7, 11) is -2.17. The topological polar surface area (TPSA) is 76.1 Å². The second-order valence-corrected chi connectivity index (χ2v) is 8.87. The van der Waals surface area contributed by atoms with E-state index in [0.29, 0.717) is 22.6 Å². The molecule has 0 aromatic heterocycles. The minimum absolute atomic E-state index is 0.0718. The van der Waals surface area contributed by atoms with Gasteiger partial charge in [-0.1, -0.05) is 42.5 Å². The van der Waals surface area contributed by atoms with Crippen LogP contribution in [0.3, 0.4) is 0 Å². The Morgan fingerprint density at radius 2 is 1.87 bits per heavy atom. The van der Waals surface area contributed by atoms with Gasteiger partial charge in [0.1, 0.15) is 12.7 Å². The van der Waals surface area contributed by atoms with E-state index in [9.17, 15) is 13.5 Å². The Morgan fingerprint density at radius 1 is 1.10 bits per heavy atom. The van der Waals surface area contributed by atoms with Crippen LogP contribution in [-0.4, -0.2) is 39.9 Å². The number of anilines is 1. The van der Waals surface area contributed by atoms with Crippen molar-refractivity contribution in [3.8, 4) is 11.5 Å². The van der Waals surface area contributed by atoms with Gasteiger partial charge in [-0.15, -0.1) is 0 Å². The fourth-order valence-corrected chi connectivity index (χ4v) is 5.43. The number of β-amino-alcohol motifs (C(OH)–C–C–N with tert-alkyl or cyclic N) is 1. The molecule has 1 atom stereocenters. The summed E-state index contributed by atoms with van der Waals surface area (Å²) in [6.07, 6.45) is 2.84. The Morgan fingerprint density at radius 3 is 2.60 bits per heavy atom. The smallest absolute Gasteiger partial charge is 0.265 e. The molecule has 30 heavy (non-hydrogen) atoms. The molecule has 156 valence electrons. The number of aliphatic hydroxyl groups excluding tert-OH is 1. The predicted molar refractivity (Wildman–Crippen MR) is 118 cm³/mol. The first kappa shape index (κ1) is 20.3. The van der Waals surface area contributed by atoms with Crippen LogP contribution in [-0.2, 0) is 10.0 Å². The molecule has 0 spiro atoms. The van der Waals surface area contributed by atoms with Crippen LogP contribution in [0.25, 0.3) is 16.8 Å². The average Bonchev–Trinajstić information content (AvgIpc) is 2.96. The third-order valence-electron chi connectivity index (χ3n) is 5.04. The molecule has 0 saturated carbocycles. The van der Waals surface area contributed by atoms with Crippen molar-refractivity contribution in [2.75, 3.05) is 24.6 Å². The Bertz CT molecular complexity index is 1210. The van der Waals surface area contributed by atoms with Crippen molar-refractivity contribution in [1.82, 2.24) is 0 Å². The van der Waals surface area contributed by atoms with Gasteiger partial charge in [-0.05, 0) is 42.1 Å². The first-order valence-electron chi connectivity index (χ1n) is 9.62. The van der Waals surface area contributed by atoms with Crippen LogP contribution >= 0.6 is 0 Å². The molecule has 1 aliphatic heterocycles. The van der Waals surface area contributed by atoms with Crippen LogP contribution in [0.2, 0.25) is 0 Å². The molecule has 0 radical (unpaired) electrons. The van der Waals surface area contributed by atoms with E-state index in [1.54, 1.807) is 31.4 Å². The van der Waals surface area contributed by atoms with E-state index < -0.39 is 16.1 Å². The van der Waals surface area contributed by atoms with Gasteiger partial charge in [-0.25, -0.2) is 8.42 Å². The summed E-state index contributed by atoms with van der Waals surface area (Å²) in [6, 6.07) is 16.1. The van der Waals surface area contributed by atoms with Crippen molar-refractivity contribution >= 4 is 32.6 Å². The number of nitrogens with zero attached hydrogens (tertiary/aromatic N) is 1. The van der Waals surface area contributed by atoms with E-state index in [1.165, 1.54) is 4.31 Å². The van der Waals surface area contributed by atoms with E-state index in [2.05, 4.69) is 0 Å². The minimum Gasteiger partial charge on any atom is -0.493 e. The maximum Gasteiger partial charge on any atom is 0.265 e.